The van der Waals surface area contributed by atoms with Crippen LogP contribution in [0.1, 0.15) is 116 Å². The predicted molar refractivity (Wildman–Crippen MR) is 154 cm³/mol. The summed E-state index contributed by atoms with van der Waals surface area (Å²) in [6, 6.07) is 5.75. The quantitative estimate of drug-likeness (QED) is 0.116. The van der Waals surface area contributed by atoms with Gasteiger partial charge in [-0.25, -0.2) is 14.3 Å². The molecule has 7 nitrogen and oxygen atoms in total. The number of nitrogens with zero attached hydrogens (tertiary/aromatic N) is 2. The van der Waals surface area contributed by atoms with E-state index in [9.17, 15) is 9.59 Å². The number of aromatic nitrogens is 1. The van der Waals surface area contributed by atoms with Crippen molar-refractivity contribution in [2.75, 3.05) is 33.0 Å². The van der Waals surface area contributed by atoms with Crippen LogP contribution < -0.4 is 4.57 Å². The Kier molecular flexibility index (Phi) is 17.0. The number of pyridine rings is 1. The first kappa shape index (κ1) is 33.2. The lowest BCUT2D eigenvalue weighted by Crippen LogP contribution is -2.51. The fraction of sp³-hybridized carbons (Fsp3) is 0.781. The SMILES string of the molecule is CCCCCCCCCCCCCCCCOCC1(COC(=O)N(Cc2cccc[n+]2CC)C(C)=O)COC1. The van der Waals surface area contributed by atoms with Gasteiger partial charge in [0.1, 0.15) is 19.7 Å². The smallest absolute Gasteiger partial charge is 0.417 e. The Morgan fingerprint density at radius 3 is 1.97 bits per heavy atom. The molecule has 1 aliphatic heterocycles. The number of rotatable bonds is 22. The van der Waals surface area contributed by atoms with Gasteiger partial charge in [0.2, 0.25) is 11.6 Å². The van der Waals surface area contributed by atoms with Crippen LogP contribution in [0.2, 0.25) is 0 Å². The molecule has 222 valence electrons. The number of amides is 2. The number of aryl methyl sites for hydroxylation is 1. The van der Waals surface area contributed by atoms with Gasteiger partial charge in [0.05, 0.1) is 25.2 Å². The Morgan fingerprint density at radius 2 is 1.46 bits per heavy atom. The molecule has 39 heavy (non-hydrogen) atoms. The van der Waals surface area contributed by atoms with E-state index in [1.807, 2.05) is 35.9 Å². The average molecular weight is 548 g/mol. The van der Waals surface area contributed by atoms with E-state index < -0.39 is 6.09 Å². The summed E-state index contributed by atoms with van der Waals surface area (Å²) in [7, 11) is 0. The highest BCUT2D eigenvalue weighted by Gasteiger charge is 2.41. The van der Waals surface area contributed by atoms with Crippen LogP contribution in [0.3, 0.4) is 0 Å². The van der Waals surface area contributed by atoms with Crippen LogP contribution in [-0.2, 0) is 32.1 Å². The number of carbonyl (C=O) groups is 2. The molecule has 1 aromatic rings. The highest BCUT2D eigenvalue weighted by Crippen LogP contribution is 2.29. The van der Waals surface area contributed by atoms with Gasteiger partial charge in [0.15, 0.2) is 6.20 Å². The van der Waals surface area contributed by atoms with Gasteiger partial charge in [-0.05, 0) is 13.3 Å². The van der Waals surface area contributed by atoms with Gasteiger partial charge >= 0.3 is 6.09 Å². The molecule has 0 aliphatic carbocycles. The highest BCUT2D eigenvalue weighted by molar-refractivity contribution is 5.90. The zero-order valence-corrected chi connectivity index (χ0v) is 25.1. The zero-order valence-electron chi connectivity index (χ0n) is 25.1. The largest absolute Gasteiger partial charge is 0.448 e. The van der Waals surface area contributed by atoms with Crippen molar-refractivity contribution < 1.29 is 28.4 Å². The molecule has 0 spiro atoms. The third kappa shape index (κ3) is 13.3. The van der Waals surface area contributed by atoms with Gasteiger partial charge < -0.3 is 14.2 Å². The summed E-state index contributed by atoms with van der Waals surface area (Å²) >= 11 is 0. The van der Waals surface area contributed by atoms with Crippen molar-refractivity contribution in [1.82, 2.24) is 4.90 Å². The van der Waals surface area contributed by atoms with Crippen LogP contribution in [0.25, 0.3) is 0 Å². The van der Waals surface area contributed by atoms with Crippen LogP contribution >= 0.6 is 0 Å². The highest BCUT2D eigenvalue weighted by atomic mass is 16.6. The maximum Gasteiger partial charge on any atom is 0.417 e. The van der Waals surface area contributed by atoms with Gasteiger partial charge in [-0.3, -0.25) is 4.79 Å². The molecule has 1 fully saturated rings. The second-order valence-electron chi connectivity index (χ2n) is 11.3. The molecular formula is C32H55N2O5+. The Hall–Kier alpha value is -1.99. The van der Waals surface area contributed by atoms with Crippen LogP contribution in [0, 0.1) is 5.41 Å². The summed E-state index contributed by atoms with van der Waals surface area (Å²) in [5, 5.41) is 0. The maximum atomic E-state index is 12.8. The van der Waals surface area contributed by atoms with E-state index in [2.05, 4.69) is 6.92 Å². The van der Waals surface area contributed by atoms with E-state index in [1.54, 1.807) is 0 Å². The summed E-state index contributed by atoms with van der Waals surface area (Å²) in [5.74, 6) is -0.334. The van der Waals surface area contributed by atoms with Crippen molar-refractivity contribution in [3.05, 3.63) is 30.1 Å². The fourth-order valence-electron chi connectivity index (χ4n) is 5.01. The molecule has 2 heterocycles. The van der Waals surface area contributed by atoms with Gasteiger partial charge in [-0.15, -0.1) is 0 Å². The molecule has 7 heteroatoms. The predicted octanol–water partition coefficient (Wildman–Crippen LogP) is 6.99. The first-order valence-corrected chi connectivity index (χ1v) is 15.6. The minimum Gasteiger partial charge on any atom is -0.448 e. The van der Waals surface area contributed by atoms with E-state index in [0.29, 0.717) is 19.8 Å². The van der Waals surface area contributed by atoms with E-state index in [-0.39, 0.29) is 24.5 Å². The lowest BCUT2D eigenvalue weighted by Gasteiger charge is -2.40. The summed E-state index contributed by atoms with van der Waals surface area (Å²) in [5.41, 5.74) is 0.565. The number of carbonyl (C=O) groups excluding carboxylic acids is 2. The molecular weight excluding hydrogens is 492 g/mol. The van der Waals surface area contributed by atoms with Crippen LogP contribution in [-0.4, -0.2) is 49.9 Å². The topological polar surface area (TPSA) is 69.0 Å². The van der Waals surface area contributed by atoms with Gasteiger partial charge in [-0.1, -0.05) is 96.5 Å². The van der Waals surface area contributed by atoms with Gasteiger partial charge in [0, 0.05) is 25.7 Å². The Morgan fingerprint density at radius 1 is 0.872 bits per heavy atom. The van der Waals surface area contributed by atoms with E-state index >= 15 is 0 Å². The summed E-state index contributed by atoms with van der Waals surface area (Å²) < 4.78 is 19.0. The molecule has 0 radical (unpaired) electrons. The van der Waals surface area contributed by atoms with Crippen molar-refractivity contribution in [3.63, 3.8) is 0 Å². The molecule has 0 aromatic carbocycles. The minimum atomic E-state index is -0.618. The molecule has 2 rings (SSSR count). The summed E-state index contributed by atoms with van der Waals surface area (Å²) in [6.45, 7) is 9.07. The first-order chi connectivity index (χ1) is 19.0. The first-order valence-electron chi connectivity index (χ1n) is 15.6. The Labute approximate surface area is 237 Å². The standard InChI is InChI=1S/C32H55N2O5/c1-4-6-7-8-9-10-11-12-13-14-15-16-17-20-23-37-25-32(26-38-27-32)28-39-31(36)34(29(3)35)24-30-21-18-19-22-33(30)5-2/h18-19,21-22H,4-17,20,23-28H2,1-3H3/q+1. The number of hydrogen-bond acceptors (Lipinski definition) is 5. The lowest BCUT2D eigenvalue weighted by molar-refractivity contribution is -0.701. The third-order valence-electron chi connectivity index (χ3n) is 7.66. The van der Waals surface area contributed by atoms with Gasteiger partial charge in [0.25, 0.3) is 0 Å². The number of hydrogen-bond donors (Lipinski definition) is 0. The zero-order chi connectivity index (χ0) is 28.2. The second-order valence-corrected chi connectivity index (χ2v) is 11.3. The lowest BCUT2D eigenvalue weighted by atomic mass is 9.88. The molecule has 0 N–H and O–H groups in total. The minimum absolute atomic E-state index is 0.183. The van der Waals surface area contributed by atoms with Crippen LogP contribution in [0.5, 0.6) is 0 Å². The number of ether oxygens (including phenoxy) is 3. The summed E-state index contributed by atoms with van der Waals surface area (Å²) in [4.78, 5) is 26.1. The van der Waals surface area contributed by atoms with E-state index in [4.69, 9.17) is 14.2 Å². The average Bonchev–Trinajstić information content (AvgIpc) is 2.92. The third-order valence-corrected chi connectivity index (χ3v) is 7.66. The molecule has 2 amide bonds. The molecule has 0 atom stereocenters. The van der Waals surface area contributed by atoms with E-state index in [1.165, 1.54) is 90.4 Å². The molecule has 0 saturated carbocycles. The molecule has 1 saturated heterocycles. The monoisotopic (exact) mass is 547 g/mol. The molecule has 0 bridgehead atoms. The van der Waals surface area contributed by atoms with Crippen molar-refractivity contribution in [3.8, 4) is 0 Å². The molecule has 1 aliphatic rings. The molecule has 0 unspecified atom stereocenters. The Bertz CT molecular complexity index is 812. The van der Waals surface area contributed by atoms with Gasteiger partial charge in [-0.2, -0.15) is 0 Å². The summed E-state index contributed by atoms with van der Waals surface area (Å²) in [6.07, 6.45) is 20.1. The van der Waals surface area contributed by atoms with Crippen LogP contribution in [0.15, 0.2) is 24.4 Å². The maximum absolute atomic E-state index is 12.8. The number of imide groups is 1. The van der Waals surface area contributed by atoms with Crippen LogP contribution in [0.4, 0.5) is 4.79 Å². The second kappa shape index (κ2) is 20.0. The normalized spacial score (nSPS) is 14.1. The Balaban J connectivity index is 1.54. The molecule has 1 aromatic heterocycles. The fourth-order valence-corrected chi connectivity index (χ4v) is 5.01. The van der Waals surface area contributed by atoms with E-state index in [0.717, 1.165) is 30.2 Å². The van der Waals surface area contributed by atoms with Crippen molar-refractivity contribution in [2.45, 2.75) is 124 Å². The van der Waals surface area contributed by atoms with Crippen molar-refractivity contribution in [1.29, 1.82) is 0 Å². The van der Waals surface area contributed by atoms with Crippen molar-refractivity contribution in [2.24, 2.45) is 5.41 Å². The van der Waals surface area contributed by atoms with Crippen molar-refractivity contribution >= 4 is 12.0 Å². The number of unbranched alkanes of at least 4 members (excludes halogenated alkanes) is 13.